The SMILES string of the molecule is CCNC(=NCc1cccc(C(=O)NC)c1)N(C)CCOc1ccccc1. The monoisotopic (exact) mass is 368 g/mol. The predicted octanol–water partition coefficient (Wildman–Crippen LogP) is 2.52. The van der Waals surface area contributed by atoms with Gasteiger partial charge >= 0.3 is 0 Å². The number of rotatable bonds is 8. The second-order valence-corrected chi connectivity index (χ2v) is 6.03. The summed E-state index contributed by atoms with van der Waals surface area (Å²) >= 11 is 0. The van der Waals surface area contributed by atoms with Crippen molar-refractivity contribution in [2.75, 3.05) is 33.8 Å². The molecule has 0 saturated heterocycles. The molecule has 0 saturated carbocycles. The lowest BCUT2D eigenvalue weighted by Crippen LogP contribution is -2.40. The second kappa shape index (κ2) is 10.9. The number of hydrogen-bond acceptors (Lipinski definition) is 3. The molecule has 0 atom stereocenters. The molecule has 27 heavy (non-hydrogen) atoms. The van der Waals surface area contributed by atoms with Crippen LogP contribution in [-0.4, -0.2) is 50.6 Å². The van der Waals surface area contributed by atoms with Gasteiger partial charge in [0.25, 0.3) is 5.91 Å². The van der Waals surface area contributed by atoms with Crippen molar-refractivity contribution in [1.29, 1.82) is 0 Å². The van der Waals surface area contributed by atoms with E-state index in [-0.39, 0.29) is 5.91 Å². The second-order valence-electron chi connectivity index (χ2n) is 6.03. The third-order valence-electron chi connectivity index (χ3n) is 3.96. The molecule has 0 aliphatic carbocycles. The van der Waals surface area contributed by atoms with Gasteiger partial charge in [0.05, 0.1) is 13.1 Å². The topological polar surface area (TPSA) is 66.0 Å². The summed E-state index contributed by atoms with van der Waals surface area (Å²) in [5.41, 5.74) is 1.63. The number of likely N-dealkylation sites (N-methyl/N-ethyl adjacent to an activating group) is 1. The molecule has 144 valence electrons. The van der Waals surface area contributed by atoms with Crippen LogP contribution in [0.25, 0.3) is 0 Å². The van der Waals surface area contributed by atoms with E-state index in [2.05, 4.69) is 15.6 Å². The number of nitrogens with one attached hydrogen (secondary N) is 2. The zero-order valence-corrected chi connectivity index (χ0v) is 16.2. The lowest BCUT2D eigenvalue weighted by atomic mass is 10.1. The van der Waals surface area contributed by atoms with Crippen LogP contribution < -0.4 is 15.4 Å². The summed E-state index contributed by atoms with van der Waals surface area (Å²) in [6.07, 6.45) is 0. The fraction of sp³-hybridized carbons (Fsp3) is 0.333. The van der Waals surface area contributed by atoms with Crippen LogP contribution >= 0.6 is 0 Å². The summed E-state index contributed by atoms with van der Waals surface area (Å²) < 4.78 is 5.75. The standard InChI is InChI=1S/C21H28N4O2/c1-4-23-21(25(3)13-14-27-19-11-6-5-7-12-19)24-16-17-9-8-10-18(15-17)20(26)22-2/h5-12,15H,4,13-14,16H2,1-3H3,(H,22,26)(H,23,24). The number of nitrogens with zero attached hydrogens (tertiary/aromatic N) is 2. The Balaban J connectivity index is 1.95. The minimum atomic E-state index is -0.0945. The largest absolute Gasteiger partial charge is 0.492 e. The zero-order chi connectivity index (χ0) is 19.5. The smallest absolute Gasteiger partial charge is 0.251 e. The number of aliphatic imine (C=N–C) groups is 1. The Bertz CT molecular complexity index is 747. The number of guanidine groups is 1. The number of benzene rings is 2. The molecule has 0 heterocycles. The Morgan fingerprint density at radius 1 is 1.15 bits per heavy atom. The van der Waals surface area contributed by atoms with E-state index in [1.54, 1.807) is 13.1 Å². The van der Waals surface area contributed by atoms with Gasteiger partial charge in [0, 0.05) is 26.2 Å². The Morgan fingerprint density at radius 3 is 2.63 bits per heavy atom. The summed E-state index contributed by atoms with van der Waals surface area (Å²) in [7, 11) is 3.61. The molecule has 0 radical (unpaired) electrons. The van der Waals surface area contributed by atoms with Crippen LogP contribution in [0.3, 0.4) is 0 Å². The Kier molecular flexibility index (Phi) is 8.16. The van der Waals surface area contributed by atoms with E-state index in [4.69, 9.17) is 4.74 Å². The van der Waals surface area contributed by atoms with Gasteiger partial charge in [0.15, 0.2) is 5.96 Å². The van der Waals surface area contributed by atoms with Crippen molar-refractivity contribution in [2.45, 2.75) is 13.5 Å². The van der Waals surface area contributed by atoms with Gasteiger partial charge in [-0.25, -0.2) is 4.99 Å². The van der Waals surface area contributed by atoms with Gasteiger partial charge in [0.2, 0.25) is 0 Å². The highest BCUT2D eigenvalue weighted by molar-refractivity contribution is 5.94. The average Bonchev–Trinajstić information content (AvgIpc) is 2.71. The lowest BCUT2D eigenvalue weighted by molar-refractivity contribution is 0.0963. The fourth-order valence-electron chi connectivity index (χ4n) is 2.51. The molecule has 0 bridgehead atoms. The van der Waals surface area contributed by atoms with Crippen molar-refractivity contribution in [2.24, 2.45) is 4.99 Å². The van der Waals surface area contributed by atoms with E-state index in [1.807, 2.05) is 67.4 Å². The van der Waals surface area contributed by atoms with Crippen molar-refractivity contribution in [1.82, 2.24) is 15.5 Å². The van der Waals surface area contributed by atoms with Gasteiger partial charge in [0.1, 0.15) is 12.4 Å². The fourth-order valence-corrected chi connectivity index (χ4v) is 2.51. The molecule has 2 aromatic carbocycles. The molecule has 0 fully saturated rings. The highest BCUT2D eigenvalue weighted by Crippen LogP contribution is 2.09. The summed E-state index contributed by atoms with van der Waals surface area (Å²) in [6.45, 7) is 4.59. The van der Waals surface area contributed by atoms with Crippen molar-refractivity contribution >= 4 is 11.9 Å². The average molecular weight is 368 g/mol. The van der Waals surface area contributed by atoms with E-state index < -0.39 is 0 Å². The summed E-state index contributed by atoms with van der Waals surface area (Å²) in [5.74, 6) is 1.57. The van der Waals surface area contributed by atoms with Crippen molar-refractivity contribution < 1.29 is 9.53 Å². The first-order chi connectivity index (χ1) is 13.1. The number of carbonyl (C=O) groups is 1. The predicted molar refractivity (Wildman–Crippen MR) is 109 cm³/mol. The van der Waals surface area contributed by atoms with Gasteiger partial charge in [-0.15, -0.1) is 0 Å². The third-order valence-corrected chi connectivity index (χ3v) is 3.96. The van der Waals surface area contributed by atoms with Crippen molar-refractivity contribution in [3.8, 4) is 5.75 Å². The molecule has 6 heteroatoms. The normalized spacial score (nSPS) is 11.0. The van der Waals surface area contributed by atoms with Crippen LogP contribution in [0.2, 0.25) is 0 Å². The Morgan fingerprint density at radius 2 is 1.93 bits per heavy atom. The van der Waals surface area contributed by atoms with Gasteiger partial charge in [-0.3, -0.25) is 4.79 Å². The minimum Gasteiger partial charge on any atom is -0.492 e. The maximum Gasteiger partial charge on any atom is 0.251 e. The van der Waals surface area contributed by atoms with Gasteiger partial charge in [-0.2, -0.15) is 0 Å². The van der Waals surface area contributed by atoms with Crippen molar-refractivity contribution in [3.05, 3.63) is 65.7 Å². The highest BCUT2D eigenvalue weighted by atomic mass is 16.5. The molecule has 1 amide bonds. The van der Waals surface area contributed by atoms with Crippen LogP contribution in [-0.2, 0) is 6.54 Å². The van der Waals surface area contributed by atoms with E-state index in [9.17, 15) is 4.79 Å². The summed E-state index contributed by atoms with van der Waals surface area (Å²) in [4.78, 5) is 18.5. The molecule has 0 unspecified atom stereocenters. The quantitative estimate of drug-likeness (QED) is 0.555. The molecule has 0 aliphatic heterocycles. The number of amides is 1. The van der Waals surface area contributed by atoms with Gasteiger partial charge in [-0.1, -0.05) is 30.3 Å². The molecule has 2 rings (SSSR count). The highest BCUT2D eigenvalue weighted by Gasteiger charge is 2.07. The Labute approximate surface area is 161 Å². The first kappa shape index (κ1) is 20.3. The molecule has 0 aromatic heterocycles. The number of para-hydroxylation sites is 1. The van der Waals surface area contributed by atoms with Crippen LogP contribution in [0.4, 0.5) is 0 Å². The maximum atomic E-state index is 11.8. The molecule has 0 aliphatic rings. The van der Waals surface area contributed by atoms with Crippen molar-refractivity contribution in [3.63, 3.8) is 0 Å². The van der Waals surface area contributed by atoms with Gasteiger partial charge in [-0.05, 0) is 36.8 Å². The molecular weight excluding hydrogens is 340 g/mol. The van der Waals surface area contributed by atoms with E-state index in [0.29, 0.717) is 25.3 Å². The molecule has 0 spiro atoms. The van der Waals surface area contributed by atoms with Crippen LogP contribution in [0, 0.1) is 0 Å². The number of hydrogen-bond donors (Lipinski definition) is 2. The third kappa shape index (κ3) is 6.66. The first-order valence-corrected chi connectivity index (χ1v) is 9.12. The minimum absolute atomic E-state index is 0.0945. The molecule has 6 nitrogen and oxygen atoms in total. The van der Waals surface area contributed by atoms with E-state index >= 15 is 0 Å². The molecule has 2 aromatic rings. The number of carbonyl (C=O) groups excluding carboxylic acids is 1. The number of ether oxygens (including phenoxy) is 1. The molecular formula is C21H28N4O2. The van der Waals surface area contributed by atoms with E-state index in [1.165, 1.54) is 0 Å². The lowest BCUT2D eigenvalue weighted by Gasteiger charge is -2.22. The maximum absolute atomic E-state index is 11.8. The summed E-state index contributed by atoms with van der Waals surface area (Å²) in [5, 5.41) is 5.93. The summed E-state index contributed by atoms with van der Waals surface area (Å²) in [6, 6.07) is 17.3. The van der Waals surface area contributed by atoms with Crippen LogP contribution in [0.15, 0.2) is 59.6 Å². The molecule has 2 N–H and O–H groups in total. The van der Waals surface area contributed by atoms with Gasteiger partial charge < -0.3 is 20.3 Å². The van der Waals surface area contributed by atoms with E-state index in [0.717, 1.165) is 23.8 Å². The zero-order valence-electron chi connectivity index (χ0n) is 16.2. The first-order valence-electron chi connectivity index (χ1n) is 9.12. The van der Waals surface area contributed by atoms with Crippen LogP contribution in [0.1, 0.15) is 22.8 Å². The Hall–Kier alpha value is -3.02. The van der Waals surface area contributed by atoms with Crippen LogP contribution in [0.5, 0.6) is 5.75 Å².